The highest BCUT2D eigenvalue weighted by molar-refractivity contribution is 5.94. The second-order valence-electron chi connectivity index (χ2n) is 7.33. The molecule has 1 N–H and O–H groups in total. The molecule has 142 valence electrons. The number of ether oxygens (including phenoxy) is 1. The van der Waals surface area contributed by atoms with Crippen molar-refractivity contribution < 1.29 is 14.3 Å². The van der Waals surface area contributed by atoms with Crippen molar-refractivity contribution >= 4 is 17.7 Å². The Hall–Kier alpha value is -2.70. The number of carbonyl (C=O) groups excluding carboxylic acids is 2. The largest absolute Gasteiger partial charge is 0.464 e. The van der Waals surface area contributed by atoms with Crippen LogP contribution in [0, 0.1) is 6.92 Å². The van der Waals surface area contributed by atoms with Gasteiger partial charge in [0.2, 0.25) is 5.91 Å². The lowest BCUT2D eigenvalue weighted by atomic mass is 9.88. The van der Waals surface area contributed by atoms with Gasteiger partial charge in [0, 0.05) is 23.6 Å². The summed E-state index contributed by atoms with van der Waals surface area (Å²) >= 11 is 0. The second kappa shape index (κ2) is 7.13. The van der Waals surface area contributed by atoms with Crippen molar-refractivity contribution in [2.75, 3.05) is 12.4 Å². The van der Waals surface area contributed by atoms with E-state index < -0.39 is 5.97 Å². The summed E-state index contributed by atoms with van der Waals surface area (Å²) in [5, 5.41) is 7.82. The van der Waals surface area contributed by atoms with Gasteiger partial charge >= 0.3 is 5.97 Å². The number of methoxy groups -OCH3 is 1. The fraction of sp³-hybridized carbons (Fsp3) is 0.500. The minimum atomic E-state index is -0.480. The van der Waals surface area contributed by atoms with Crippen molar-refractivity contribution in [1.82, 2.24) is 14.8 Å². The van der Waals surface area contributed by atoms with E-state index in [0.717, 1.165) is 29.9 Å². The van der Waals surface area contributed by atoms with E-state index in [4.69, 9.17) is 9.84 Å². The Labute approximate surface area is 158 Å². The normalized spacial score (nSPS) is 20.1. The molecule has 2 aromatic rings. The Morgan fingerprint density at radius 2 is 2.04 bits per heavy atom. The highest BCUT2D eigenvalue weighted by Gasteiger charge is 2.35. The number of fused-ring (bicyclic) bond motifs is 1. The summed E-state index contributed by atoms with van der Waals surface area (Å²) in [6.45, 7) is 1.98. The molecule has 7 nitrogen and oxygen atoms in total. The van der Waals surface area contributed by atoms with Crippen LogP contribution in [0.3, 0.4) is 0 Å². The van der Waals surface area contributed by atoms with E-state index >= 15 is 0 Å². The number of aromatic nitrogens is 3. The second-order valence-corrected chi connectivity index (χ2v) is 7.33. The predicted octanol–water partition coefficient (Wildman–Crippen LogP) is 3.35. The van der Waals surface area contributed by atoms with Crippen LogP contribution in [0.1, 0.15) is 77.9 Å². The number of rotatable bonds is 3. The van der Waals surface area contributed by atoms with Crippen molar-refractivity contribution in [3.05, 3.63) is 40.8 Å². The maximum atomic E-state index is 12.5. The highest BCUT2D eigenvalue weighted by atomic mass is 16.5. The molecule has 1 unspecified atom stereocenters. The molecule has 7 heteroatoms. The molecule has 27 heavy (non-hydrogen) atoms. The van der Waals surface area contributed by atoms with Crippen LogP contribution in [-0.2, 0) is 9.53 Å². The first-order chi connectivity index (χ1) is 13.1. The first-order valence-corrected chi connectivity index (χ1v) is 9.52. The van der Waals surface area contributed by atoms with Crippen LogP contribution in [0.4, 0.5) is 5.82 Å². The summed E-state index contributed by atoms with van der Waals surface area (Å²) in [5.41, 5.74) is 2.86. The van der Waals surface area contributed by atoms with E-state index in [1.807, 2.05) is 17.7 Å². The van der Waals surface area contributed by atoms with Crippen LogP contribution in [0.5, 0.6) is 0 Å². The summed E-state index contributed by atoms with van der Waals surface area (Å²) in [6, 6.07) is 5.59. The number of amides is 1. The summed E-state index contributed by atoms with van der Waals surface area (Å²) in [4.78, 5) is 28.8. The Morgan fingerprint density at radius 1 is 1.26 bits per heavy atom. The van der Waals surface area contributed by atoms with Crippen LogP contribution in [0.2, 0.25) is 0 Å². The first kappa shape index (κ1) is 17.7. The van der Waals surface area contributed by atoms with Gasteiger partial charge in [0.1, 0.15) is 11.5 Å². The molecule has 1 aliphatic heterocycles. The van der Waals surface area contributed by atoms with Gasteiger partial charge in [-0.3, -0.25) is 4.79 Å². The Kier molecular flexibility index (Phi) is 4.68. The number of nitrogens with one attached hydrogen (secondary N) is 1. The highest BCUT2D eigenvalue weighted by Crippen LogP contribution is 2.41. The molecule has 1 atom stereocenters. The molecule has 1 saturated carbocycles. The minimum Gasteiger partial charge on any atom is -0.464 e. The molecule has 0 bridgehead atoms. The zero-order valence-electron chi connectivity index (χ0n) is 15.7. The van der Waals surface area contributed by atoms with E-state index in [-0.39, 0.29) is 17.5 Å². The molecule has 0 radical (unpaired) electrons. The molecule has 2 aromatic heterocycles. The molecule has 1 aliphatic carbocycles. The molecular weight excluding hydrogens is 344 g/mol. The number of anilines is 1. The van der Waals surface area contributed by atoms with Crippen LogP contribution in [-0.4, -0.2) is 33.8 Å². The van der Waals surface area contributed by atoms with Gasteiger partial charge in [-0.15, -0.1) is 0 Å². The first-order valence-electron chi connectivity index (χ1n) is 9.52. The van der Waals surface area contributed by atoms with E-state index in [9.17, 15) is 9.59 Å². The van der Waals surface area contributed by atoms with E-state index in [2.05, 4.69) is 10.3 Å². The number of hydrogen-bond acceptors (Lipinski definition) is 5. The van der Waals surface area contributed by atoms with Crippen LogP contribution in [0.25, 0.3) is 0 Å². The zero-order valence-corrected chi connectivity index (χ0v) is 15.7. The lowest BCUT2D eigenvalue weighted by Gasteiger charge is -2.27. The quantitative estimate of drug-likeness (QED) is 0.840. The van der Waals surface area contributed by atoms with E-state index in [0.29, 0.717) is 18.2 Å². The smallest absolute Gasteiger partial charge is 0.356 e. The van der Waals surface area contributed by atoms with E-state index in [1.54, 1.807) is 12.1 Å². The summed E-state index contributed by atoms with van der Waals surface area (Å²) < 4.78 is 6.79. The predicted molar refractivity (Wildman–Crippen MR) is 99.8 cm³/mol. The summed E-state index contributed by atoms with van der Waals surface area (Å²) in [5.74, 6) is 0.0586. The zero-order chi connectivity index (χ0) is 19.0. The van der Waals surface area contributed by atoms with Gasteiger partial charge in [-0.05, 0) is 31.9 Å². The Balaban J connectivity index is 1.76. The molecular formula is C20H24N4O3. The average Bonchev–Trinajstić information content (AvgIpc) is 3.04. The molecule has 0 spiro atoms. The molecule has 0 saturated heterocycles. The molecule has 1 fully saturated rings. The van der Waals surface area contributed by atoms with Crippen molar-refractivity contribution in [3.63, 3.8) is 0 Å². The fourth-order valence-corrected chi connectivity index (χ4v) is 4.28. The van der Waals surface area contributed by atoms with Gasteiger partial charge in [-0.1, -0.05) is 25.3 Å². The maximum Gasteiger partial charge on any atom is 0.356 e. The molecule has 3 heterocycles. The third-order valence-corrected chi connectivity index (χ3v) is 5.57. The fourth-order valence-electron chi connectivity index (χ4n) is 4.28. The van der Waals surface area contributed by atoms with E-state index in [1.165, 1.54) is 26.4 Å². The number of pyridine rings is 1. The van der Waals surface area contributed by atoms with Crippen LogP contribution >= 0.6 is 0 Å². The van der Waals surface area contributed by atoms with Gasteiger partial charge in [0.05, 0.1) is 18.8 Å². The van der Waals surface area contributed by atoms with Gasteiger partial charge in [0.15, 0.2) is 0 Å². The van der Waals surface area contributed by atoms with Crippen molar-refractivity contribution in [3.8, 4) is 0 Å². The van der Waals surface area contributed by atoms with Gasteiger partial charge < -0.3 is 10.1 Å². The van der Waals surface area contributed by atoms with Gasteiger partial charge in [-0.2, -0.15) is 5.10 Å². The van der Waals surface area contributed by atoms with Crippen molar-refractivity contribution in [1.29, 1.82) is 0 Å². The molecule has 2 aliphatic rings. The lowest BCUT2D eigenvalue weighted by Crippen LogP contribution is -2.27. The third kappa shape index (κ3) is 3.22. The van der Waals surface area contributed by atoms with Crippen molar-refractivity contribution in [2.45, 2.75) is 57.4 Å². The van der Waals surface area contributed by atoms with Crippen molar-refractivity contribution in [2.24, 2.45) is 0 Å². The summed E-state index contributed by atoms with van der Waals surface area (Å²) in [7, 11) is 1.33. The van der Waals surface area contributed by atoms with Crippen LogP contribution < -0.4 is 5.32 Å². The van der Waals surface area contributed by atoms with Gasteiger partial charge in [-0.25, -0.2) is 14.5 Å². The number of nitrogens with zero attached hydrogens (tertiary/aromatic N) is 3. The Morgan fingerprint density at radius 3 is 2.78 bits per heavy atom. The third-order valence-electron chi connectivity index (χ3n) is 5.57. The standard InChI is InChI=1S/C20H24N4O3/c1-12-18-14(15-9-6-10-16(21-15)20(26)27-2)11-17(25)22-19(18)24(23-12)13-7-4-3-5-8-13/h6,9-10,13-14H,3-5,7-8,11H2,1-2H3,(H,22,25). The van der Waals surface area contributed by atoms with Gasteiger partial charge in [0.25, 0.3) is 0 Å². The number of aryl methyl sites for hydroxylation is 1. The maximum absolute atomic E-state index is 12.5. The number of esters is 1. The number of carbonyl (C=O) groups is 2. The molecule has 0 aromatic carbocycles. The average molecular weight is 368 g/mol. The lowest BCUT2D eigenvalue weighted by molar-refractivity contribution is -0.116. The molecule has 4 rings (SSSR count). The Bertz CT molecular complexity index is 883. The monoisotopic (exact) mass is 368 g/mol. The summed E-state index contributed by atoms with van der Waals surface area (Å²) in [6.07, 6.45) is 6.12. The van der Waals surface area contributed by atoms with Crippen LogP contribution in [0.15, 0.2) is 18.2 Å². The SMILES string of the molecule is COC(=O)c1cccc(C2CC(=O)Nc3c2c(C)nn3C2CCCCC2)n1. The minimum absolute atomic E-state index is 0.0465. The molecule has 1 amide bonds. The topological polar surface area (TPSA) is 86.1 Å². The number of hydrogen-bond donors (Lipinski definition) is 1.